The topological polar surface area (TPSA) is 55.8 Å². The molecule has 1 aliphatic heterocycles. The molecule has 3 aromatic rings. The molecule has 0 bridgehead atoms. The lowest BCUT2D eigenvalue weighted by molar-refractivity contribution is -0.127. The van der Waals surface area contributed by atoms with Crippen molar-refractivity contribution in [2.75, 3.05) is 14.2 Å². The van der Waals surface area contributed by atoms with E-state index in [2.05, 4.69) is 0 Å². The molecule has 0 N–H and O–H groups in total. The first-order valence-electron chi connectivity index (χ1n) is 9.40. The average Bonchev–Trinajstić information content (AvgIpc) is 3.02. The van der Waals surface area contributed by atoms with Crippen molar-refractivity contribution in [3.05, 3.63) is 71.5 Å². The van der Waals surface area contributed by atoms with E-state index in [0.29, 0.717) is 23.5 Å². The molecular weight excluding hydrogens is 405 g/mol. The number of hydrogen-bond acceptors (Lipinski definition) is 5. The van der Waals surface area contributed by atoms with Crippen LogP contribution in [0.5, 0.6) is 11.5 Å². The van der Waals surface area contributed by atoms with Crippen molar-refractivity contribution in [1.82, 2.24) is 4.90 Å². The number of halogens is 1. The highest BCUT2D eigenvalue weighted by Gasteiger charge is 2.40. The lowest BCUT2D eigenvalue weighted by Gasteiger charge is -2.16. The standard InChI is InChI=1S/C23H20FNO4S/c1-28-17-9-5-15-6-10-20(29-2)19(18(15)11-17)12-21-22(26)25(23(27)30-21)13-14-3-7-16(24)8-4-14/h3-11,21H,12-13H2,1-2H3/t21-/m1/s1. The summed E-state index contributed by atoms with van der Waals surface area (Å²) in [5.41, 5.74) is 1.56. The molecule has 0 radical (unpaired) electrons. The van der Waals surface area contributed by atoms with Crippen LogP contribution in [-0.2, 0) is 17.8 Å². The number of carbonyl (C=O) groups excluding carboxylic acids is 2. The summed E-state index contributed by atoms with van der Waals surface area (Å²) < 4.78 is 24.0. The number of nitrogens with zero attached hydrogens (tertiary/aromatic N) is 1. The predicted octanol–water partition coefficient (Wildman–Crippen LogP) is 4.80. The molecule has 5 nitrogen and oxygen atoms in total. The molecule has 0 aromatic heterocycles. The predicted molar refractivity (Wildman–Crippen MR) is 114 cm³/mol. The number of thioether (sulfide) groups is 1. The highest BCUT2D eigenvalue weighted by atomic mass is 32.2. The molecule has 4 rings (SSSR count). The number of benzene rings is 3. The maximum atomic E-state index is 13.1. The number of methoxy groups -OCH3 is 2. The van der Waals surface area contributed by atoms with E-state index in [1.165, 1.54) is 17.0 Å². The molecular formula is C23H20FNO4S. The van der Waals surface area contributed by atoms with Crippen LogP contribution >= 0.6 is 11.8 Å². The molecule has 3 aromatic carbocycles. The average molecular weight is 425 g/mol. The van der Waals surface area contributed by atoms with Crippen LogP contribution < -0.4 is 9.47 Å². The maximum absolute atomic E-state index is 13.1. The van der Waals surface area contributed by atoms with Crippen molar-refractivity contribution in [3.8, 4) is 11.5 Å². The Hall–Kier alpha value is -3.06. The summed E-state index contributed by atoms with van der Waals surface area (Å²) in [6.45, 7) is 0.127. The monoisotopic (exact) mass is 425 g/mol. The fourth-order valence-corrected chi connectivity index (χ4v) is 4.60. The Balaban J connectivity index is 1.62. The summed E-state index contributed by atoms with van der Waals surface area (Å²) in [5.74, 6) is 0.754. The van der Waals surface area contributed by atoms with Crippen LogP contribution in [0.25, 0.3) is 10.8 Å². The Morgan fingerprint density at radius 1 is 1.00 bits per heavy atom. The van der Waals surface area contributed by atoms with Crippen LogP contribution in [0.2, 0.25) is 0 Å². The highest BCUT2D eigenvalue weighted by Crippen LogP contribution is 2.37. The first-order valence-corrected chi connectivity index (χ1v) is 10.3. The summed E-state index contributed by atoms with van der Waals surface area (Å²) in [6, 6.07) is 15.4. The zero-order valence-corrected chi connectivity index (χ0v) is 17.4. The minimum atomic E-state index is -0.552. The van der Waals surface area contributed by atoms with Crippen molar-refractivity contribution in [3.63, 3.8) is 0 Å². The van der Waals surface area contributed by atoms with Crippen molar-refractivity contribution >= 4 is 33.7 Å². The summed E-state index contributed by atoms with van der Waals surface area (Å²) >= 11 is 1.01. The van der Waals surface area contributed by atoms with Crippen LogP contribution in [0.3, 0.4) is 0 Å². The van der Waals surface area contributed by atoms with E-state index in [9.17, 15) is 14.0 Å². The van der Waals surface area contributed by atoms with Gasteiger partial charge in [-0.05, 0) is 53.1 Å². The normalized spacial score (nSPS) is 16.4. The van der Waals surface area contributed by atoms with Crippen LogP contribution in [0.1, 0.15) is 11.1 Å². The second-order valence-electron chi connectivity index (χ2n) is 6.96. The molecule has 1 heterocycles. The summed E-state index contributed by atoms with van der Waals surface area (Å²) in [7, 11) is 3.18. The molecule has 30 heavy (non-hydrogen) atoms. The number of imide groups is 1. The number of fused-ring (bicyclic) bond motifs is 1. The van der Waals surface area contributed by atoms with Crippen LogP contribution in [0.4, 0.5) is 9.18 Å². The van der Waals surface area contributed by atoms with Gasteiger partial charge in [-0.3, -0.25) is 14.5 Å². The molecule has 154 valence electrons. The van der Waals surface area contributed by atoms with E-state index in [0.717, 1.165) is 28.1 Å². The first-order chi connectivity index (χ1) is 14.5. The lowest BCUT2D eigenvalue weighted by atomic mass is 9.98. The second-order valence-corrected chi connectivity index (χ2v) is 8.11. The first kappa shape index (κ1) is 20.2. The SMILES string of the molecule is COc1ccc2ccc(OC)c(C[C@H]3SC(=O)N(Cc4ccc(F)cc4)C3=O)c2c1. The van der Waals surface area contributed by atoms with Crippen molar-refractivity contribution < 1.29 is 23.5 Å². The number of hydrogen-bond donors (Lipinski definition) is 0. The molecule has 1 aliphatic rings. The van der Waals surface area contributed by atoms with Crippen molar-refractivity contribution in [2.24, 2.45) is 0 Å². The zero-order chi connectivity index (χ0) is 21.3. The summed E-state index contributed by atoms with van der Waals surface area (Å²) in [5, 5.41) is 1.07. The fraction of sp³-hybridized carbons (Fsp3) is 0.217. The molecule has 0 unspecified atom stereocenters. The molecule has 0 saturated carbocycles. The van der Waals surface area contributed by atoms with Gasteiger partial charge in [0.1, 0.15) is 17.3 Å². The van der Waals surface area contributed by atoms with Gasteiger partial charge in [0.15, 0.2) is 0 Å². The number of carbonyl (C=O) groups is 2. The van der Waals surface area contributed by atoms with Crippen LogP contribution in [0.15, 0.2) is 54.6 Å². The van der Waals surface area contributed by atoms with Gasteiger partial charge in [0.2, 0.25) is 5.91 Å². The smallest absolute Gasteiger partial charge is 0.289 e. The van der Waals surface area contributed by atoms with E-state index in [1.54, 1.807) is 26.4 Å². The largest absolute Gasteiger partial charge is 0.497 e. The van der Waals surface area contributed by atoms with E-state index < -0.39 is 5.25 Å². The Kier molecular flexibility index (Phi) is 5.63. The van der Waals surface area contributed by atoms with Gasteiger partial charge >= 0.3 is 0 Å². The van der Waals surface area contributed by atoms with E-state index >= 15 is 0 Å². The van der Waals surface area contributed by atoms with E-state index in [-0.39, 0.29) is 23.5 Å². The van der Waals surface area contributed by atoms with Gasteiger partial charge in [-0.1, -0.05) is 36.0 Å². The summed E-state index contributed by atoms with van der Waals surface area (Å²) in [6.07, 6.45) is 0.350. The van der Waals surface area contributed by atoms with Crippen LogP contribution in [-0.4, -0.2) is 35.5 Å². The van der Waals surface area contributed by atoms with Crippen LogP contribution in [0, 0.1) is 5.82 Å². The Bertz CT molecular complexity index is 1110. The van der Waals surface area contributed by atoms with Gasteiger partial charge in [0.25, 0.3) is 5.24 Å². The zero-order valence-electron chi connectivity index (χ0n) is 16.6. The minimum absolute atomic E-state index is 0.127. The van der Waals surface area contributed by atoms with Crippen molar-refractivity contribution in [2.45, 2.75) is 18.2 Å². The molecule has 0 spiro atoms. The molecule has 1 saturated heterocycles. The minimum Gasteiger partial charge on any atom is -0.497 e. The van der Waals surface area contributed by atoms with E-state index in [1.807, 2.05) is 30.3 Å². The Morgan fingerprint density at radius 2 is 1.73 bits per heavy atom. The highest BCUT2D eigenvalue weighted by molar-refractivity contribution is 8.15. The number of rotatable bonds is 6. The van der Waals surface area contributed by atoms with Gasteiger partial charge in [-0.2, -0.15) is 0 Å². The van der Waals surface area contributed by atoms with E-state index in [4.69, 9.17) is 9.47 Å². The number of amides is 2. The van der Waals surface area contributed by atoms with Gasteiger partial charge in [0.05, 0.1) is 26.0 Å². The Labute approximate surface area is 177 Å². The molecule has 1 atom stereocenters. The molecule has 0 aliphatic carbocycles. The lowest BCUT2D eigenvalue weighted by Crippen LogP contribution is -2.31. The molecule has 7 heteroatoms. The maximum Gasteiger partial charge on any atom is 0.289 e. The molecule has 2 amide bonds. The third-order valence-electron chi connectivity index (χ3n) is 5.17. The second kappa shape index (κ2) is 8.36. The van der Waals surface area contributed by atoms with Crippen molar-refractivity contribution in [1.29, 1.82) is 0 Å². The van der Waals surface area contributed by atoms with Gasteiger partial charge in [0, 0.05) is 5.56 Å². The van der Waals surface area contributed by atoms with Gasteiger partial charge < -0.3 is 9.47 Å². The Morgan fingerprint density at radius 3 is 2.43 bits per heavy atom. The fourth-order valence-electron chi connectivity index (χ4n) is 3.60. The number of ether oxygens (including phenoxy) is 2. The third-order valence-corrected chi connectivity index (χ3v) is 6.24. The summed E-state index contributed by atoms with van der Waals surface area (Å²) in [4.78, 5) is 26.7. The van der Waals surface area contributed by atoms with Gasteiger partial charge in [-0.15, -0.1) is 0 Å². The molecule has 1 fully saturated rings. The quantitative estimate of drug-likeness (QED) is 0.568. The third kappa shape index (κ3) is 3.85. The van der Waals surface area contributed by atoms with Gasteiger partial charge in [-0.25, -0.2) is 4.39 Å².